The largest absolute Gasteiger partial charge is 0.458 e. The van der Waals surface area contributed by atoms with Gasteiger partial charge in [0.2, 0.25) is 5.91 Å². The number of hydrogen-bond donors (Lipinski definition) is 3. The zero-order chi connectivity index (χ0) is 43.8. The maximum atomic E-state index is 13.1. The zero-order valence-corrected chi connectivity index (χ0v) is 39.6. The lowest BCUT2D eigenvalue weighted by Gasteiger charge is -2.23. The number of aliphatic hydroxyl groups is 2. The Morgan fingerprint density at radius 3 is 1.27 bits per heavy atom. The molecule has 0 aliphatic rings. The molecule has 0 aliphatic carbocycles. The van der Waals surface area contributed by atoms with E-state index in [4.69, 9.17) is 4.74 Å². The van der Waals surface area contributed by atoms with Gasteiger partial charge in [0.05, 0.1) is 25.2 Å². The fourth-order valence-electron chi connectivity index (χ4n) is 7.51. The van der Waals surface area contributed by atoms with Crippen molar-refractivity contribution < 1.29 is 24.5 Å². The predicted octanol–water partition coefficient (Wildman–Crippen LogP) is 15.2. The highest BCUT2D eigenvalue weighted by atomic mass is 16.5. The van der Waals surface area contributed by atoms with Gasteiger partial charge >= 0.3 is 5.97 Å². The summed E-state index contributed by atoms with van der Waals surface area (Å²) in [5.74, 6) is -0.623. The Bertz CT molecular complexity index is 1080. The molecule has 60 heavy (non-hydrogen) atoms. The lowest BCUT2D eigenvalue weighted by atomic mass is 10.0. The van der Waals surface area contributed by atoms with E-state index in [1.807, 2.05) is 6.08 Å². The first-order valence-electron chi connectivity index (χ1n) is 25.5. The van der Waals surface area contributed by atoms with Crippen LogP contribution < -0.4 is 5.32 Å². The monoisotopic (exact) mass is 840 g/mol. The zero-order valence-electron chi connectivity index (χ0n) is 39.6. The van der Waals surface area contributed by atoms with Gasteiger partial charge in [-0.05, 0) is 51.0 Å². The smallest absolute Gasteiger partial charge is 0.306 e. The molecular formula is C54H97NO5. The normalized spacial score (nSPS) is 13.8. The number of carbonyl (C=O) groups is 2. The Labute approximate surface area is 371 Å². The van der Waals surface area contributed by atoms with Crippen LogP contribution >= 0.6 is 0 Å². The van der Waals surface area contributed by atoms with Crippen molar-refractivity contribution in [3.05, 3.63) is 60.8 Å². The number of aliphatic hydroxyl groups excluding tert-OH is 2. The number of ether oxygens (including phenoxy) is 1. The number of amides is 1. The molecule has 0 radical (unpaired) electrons. The van der Waals surface area contributed by atoms with Gasteiger partial charge in [-0.1, -0.05) is 242 Å². The van der Waals surface area contributed by atoms with Crippen LogP contribution in [0.5, 0.6) is 0 Å². The van der Waals surface area contributed by atoms with E-state index < -0.39 is 18.2 Å². The van der Waals surface area contributed by atoms with Crippen LogP contribution in [0.15, 0.2) is 60.8 Å². The second-order valence-corrected chi connectivity index (χ2v) is 17.2. The van der Waals surface area contributed by atoms with Crippen LogP contribution in [0.3, 0.4) is 0 Å². The summed E-state index contributed by atoms with van der Waals surface area (Å²) in [5.41, 5.74) is 0. The minimum absolute atomic E-state index is 0.0447. The number of unbranched alkanes of at least 4 members (excludes halogenated alkanes) is 25. The molecule has 0 saturated carbocycles. The summed E-state index contributed by atoms with van der Waals surface area (Å²) in [7, 11) is 0. The maximum Gasteiger partial charge on any atom is 0.306 e. The molecule has 3 N–H and O–H groups in total. The number of nitrogens with one attached hydrogen (secondary N) is 1. The SMILES string of the molecule is CC/C=C/C/C=C/C/C=C/C/C=C/C/C=C/C(CC(=O)NC(CO)C(O)CCCCCCCCCCCC)OC(=O)CCCCCCCCCCCCCCCCCCC. The highest BCUT2D eigenvalue weighted by Gasteiger charge is 2.23. The molecule has 348 valence electrons. The molecule has 3 atom stereocenters. The van der Waals surface area contributed by atoms with E-state index in [0.29, 0.717) is 19.3 Å². The van der Waals surface area contributed by atoms with Gasteiger partial charge in [0.1, 0.15) is 6.10 Å². The Hall–Kier alpha value is -2.44. The third kappa shape index (κ3) is 42.3. The third-order valence-corrected chi connectivity index (χ3v) is 11.4. The first-order chi connectivity index (χ1) is 29.5. The van der Waals surface area contributed by atoms with Crippen molar-refractivity contribution in [3.8, 4) is 0 Å². The van der Waals surface area contributed by atoms with Crippen LogP contribution in [-0.2, 0) is 14.3 Å². The molecule has 0 spiro atoms. The summed E-state index contributed by atoms with van der Waals surface area (Å²) in [5, 5.41) is 23.6. The summed E-state index contributed by atoms with van der Waals surface area (Å²) in [6, 6.07) is -0.740. The summed E-state index contributed by atoms with van der Waals surface area (Å²) < 4.78 is 5.82. The minimum Gasteiger partial charge on any atom is -0.458 e. The van der Waals surface area contributed by atoms with Crippen LogP contribution in [0.1, 0.15) is 245 Å². The van der Waals surface area contributed by atoms with Crippen molar-refractivity contribution in [2.24, 2.45) is 0 Å². The molecule has 6 nitrogen and oxygen atoms in total. The molecule has 0 fully saturated rings. The van der Waals surface area contributed by atoms with E-state index in [0.717, 1.165) is 64.2 Å². The summed E-state index contributed by atoms with van der Waals surface area (Å²) >= 11 is 0. The molecule has 6 heteroatoms. The molecule has 1 amide bonds. The molecular weight excluding hydrogens is 743 g/mol. The van der Waals surface area contributed by atoms with Crippen molar-refractivity contribution in [1.82, 2.24) is 5.32 Å². The van der Waals surface area contributed by atoms with E-state index in [9.17, 15) is 19.8 Å². The van der Waals surface area contributed by atoms with Crippen molar-refractivity contribution in [3.63, 3.8) is 0 Å². The summed E-state index contributed by atoms with van der Waals surface area (Å²) in [4.78, 5) is 26.0. The molecule has 0 rings (SSSR count). The number of rotatable bonds is 45. The van der Waals surface area contributed by atoms with Gasteiger partial charge < -0.3 is 20.3 Å². The molecule has 0 aromatic rings. The van der Waals surface area contributed by atoms with Crippen molar-refractivity contribution >= 4 is 11.9 Å². The number of allylic oxidation sites excluding steroid dienone is 9. The second kappa shape index (κ2) is 47.6. The van der Waals surface area contributed by atoms with Gasteiger partial charge in [-0.3, -0.25) is 9.59 Å². The van der Waals surface area contributed by atoms with E-state index in [-0.39, 0.29) is 24.9 Å². The molecule has 0 bridgehead atoms. The minimum atomic E-state index is -0.817. The highest BCUT2D eigenvalue weighted by Crippen LogP contribution is 2.16. The summed E-state index contributed by atoms with van der Waals surface area (Å²) in [6.45, 7) is 6.32. The van der Waals surface area contributed by atoms with Gasteiger partial charge in [-0.25, -0.2) is 0 Å². The van der Waals surface area contributed by atoms with E-state index in [1.54, 1.807) is 6.08 Å². The lowest BCUT2D eigenvalue weighted by Crippen LogP contribution is -2.46. The quantitative estimate of drug-likeness (QED) is 0.0322. The first kappa shape index (κ1) is 57.6. The summed E-state index contributed by atoms with van der Waals surface area (Å²) in [6.07, 6.45) is 58.9. The highest BCUT2D eigenvalue weighted by molar-refractivity contribution is 5.78. The van der Waals surface area contributed by atoms with Gasteiger partial charge in [-0.15, -0.1) is 0 Å². The molecule has 0 aromatic carbocycles. The fourth-order valence-corrected chi connectivity index (χ4v) is 7.51. The third-order valence-electron chi connectivity index (χ3n) is 11.4. The Balaban J connectivity index is 4.68. The van der Waals surface area contributed by atoms with Gasteiger partial charge in [0, 0.05) is 6.42 Å². The Morgan fingerprint density at radius 1 is 0.500 bits per heavy atom. The lowest BCUT2D eigenvalue weighted by molar-refractivity contribution is -0.148. The van der Waals surface area contributed by atoms with Crippen LogP contribution in [0.4, 0.5) is 0 Å². The fraction of sp³-hybridized carbons (Fsp3) is 0.778. The Morgan fingerprint density at radius 2 is 0.867 bits per heavy atom. The van der Waals surface area contributed by atoms with Crippen molar-refractivity contribution in [2.75, 3.05) is 6.61 Å². The average molecular weight is 840 g/mol. The predicted molar refractivity (Wildman–Crippen MR) is 259 cm³/mol. The standard InChI is InChI=1S/C54H97NO5/c1-4-7-10-13-16-19-22-24-26-27-28-30-32-35-38-41-44-47-54(59)60-50(45-42-39-36-33-31-29-25-23-20-17-14-11-8-5-2)48-53(58)55-51(49-56)52(57)46-43-40-37-34-21-18-15-12-9-6-3/h8,11,17,20,25,29,33,36,42,45,50-52,56-57H,4-7,9-10,12-16,18-19,21-24,26-28,30-32,34-35,37-41,43-44,46-49H2,1-3H3,(H,55,58)/b11-8+,20-17+,29-25+,36-33+,45-42+. The number of esters is 1. The van der Waals surface area contributed by atoms with Crippen LogP contribution in [-0.4, -0.2) is 46.9 Å². The molecule has 0 aliphatic heterocycles. The molecule has 0 heterocycles. The molecule has 0 aromatic heterocycles. The van der Waals surface area contributed by atoms with Gasteiger partial charge in [0.15, 0.2) is 0 Å². The number of carbonyl (C=O) groups excluding carboxylic acids is 2. The van der Waals surface area contributed by atoms with E-state index >= 15 is 0 Å². The number of hydrogen-bond acceptors (Lipinski definition) is 5. The molecule has 0 saturated heterocycles. The van der Waals surface area contributed by atoms with Crippen molar-refractivity contribution in [1.29, 1.82) is 0 Å². The molecule has 3 unspecified atom stereocenters. The topological polar surface area (TPSA) is 95.9 Å². The average Bonchev–Trinajstić information content (AvgIpc) is 3.24. The van der Waals surface area contributed by atoms with E-state index in [2.05, 4.69) is 74.7 Å². The van der Waals surface area contributed by atoms with Gasteiger partial charge in [0.25, 0.3) is 0 Å². The van der Waals surface area contributed by atoms with Crippen LogP contribution in [0.2, 0.25) is 0 Å². The van der Waals surface area contributed by atoms with Crippen LogP contribution in [0, 0.1) is 0 Å². The Kier molecular flexibility index (Phi) is 45.7. The maximum absolute atomic E-state index is 13.1. The van der Waals surface area contributed by atoms with E-state index in [1.165, 1.54) is 135 Å². The second-order valence-electron chi connectivity index (χ2n) is 17.2. The van der Waals surface area contributed by atoms with Crippen LogP contribution in [0.25, 0.3) is 0 Å². The first-order valence-corrected chi connectivity index (χ1v) is 25.5. The van der Waals surface area contributed by atoms with Crippen molar-refractivity contribution in [2.45, 2.75) is 264 Å². The van der Waals surface area contributed by atoms with Gasteiger partial charge in [-0.2, -0.15) is 0 Å².